The lowest BCUT2D eigenvalue weighted by Crippen LogP contribution is -2.10. The second-order valence-electron chi connectivity index (χ2n) is 6.71. The number of aryl methyl sites for hydroxylation is 1. The van der Waals surface area contributed by atoms with Crippen molar-refractivity contribution in [1.29, 1.82) is 0 Å². The van der Waals surface area contributed by atoms with Crippen molar-refractivity contribution in [2.75, 3.05) is 19.0 Å². The number of rotatable bonds is 6. The van der Waals surface area contributed by atoms with Crippen LogP contribution in [-0.4, -0.2) is 23.6 Å². The van der Waals surface area contributed by atoms with Crippen molar-refractivity contribution in [3.8, 4) is 17.1 Å². The van der Waals surface area contributed by atoms with Gasteiger partial charge in [-0.15, -0.1) is 12.4 Å². The number of nitrogens with zero attached hydrogens (tertiary/aromatic N) is 2. The topological polar surface area (TPSA) is 47.0 Å². The first-order valence-corrected chi connectivity index (χ1v) is 9.63. The summed E-state index contributed by atoms with van der Waals surface area (Å²) in [6.45, 7) is 0.816. The Labute approximate surface area is 176 Å². The minimum absolute atomic E-state index is 0. The predicted octanol–water partition coefficient (Wildman–Crippen LogP) is 5.37. The van der Waals surface area contributed by atoms with Crippen molar-refractivity contribution in [1.82, 2.24) is 9.97 Å². The Bertz CT molecular complexity index is 945. The number of ether oxygens (including phenoxy) is 1. The lowest BCUT2D eigenvalue weighted by Gasteiger charge is -2.13. The highest BCUT2D eigenvalue weighted by molar-refractivity contribution is 6.30. The quantitative estimate of drug-likeness (QED) is 0.587. The van der Waals surface area contributed by atoms with E-state index >= 15 is 0 Å². The summed E-state index contributed by atoms with van der Waals surface area (Å²) in [5.41, 5.74) is 4.66. The number of nitrogens with one attached hydrogen (secondary N) is 1. The Morgan fingerprint density at radius 2 is 1.89 bits per heavy atom. The Morgan fingerprint density at radius 3 is 2.68 bits per heavy atom. The molecule has 28 heavy (non-hydrogen) atoms. The molecule has 0 atom stereocenters. The zero-order chi connectivity index (χ0) is 18.6. The van der Waals surface area contributed by atoms with Gasteiger partial charge >= 0.3 is 0 Å². The highest BCUT2D eigenvalue weighted by atomic mass is 35.5. The molecule has 1 aromatic heterocycles. The minimum Gasteiger partial charge on any atom is -0.497 e. The third-order valence-electron chi connectivity index (χ3n) is 4.88. The number of benzene rings is 2. The van der Waals surface area contributed by atoms with Gasteiger partial charge < -0.3 is 10.1 Å². The molecule has 2 aromatic carbocycles. The number of aromatic nitrogens is 2. The molecule has 1 N–H and O–H groups in total. The lowest BCUT2D eigenvalue weighted by molar-refractivity contribution is 0.414. The summed E-state index contributed by atoms with van der Waals surface area (Å²) < 4.78 is 5.30. The number of anilines is 1. The van der Waals surface area contributed by atoms with E-state index in [0.717, 1.165) is 60.2 Å². The molecule has 1 heterocycles. The molecule has 0 aliphatic heterocycles. The van der Waals surface area contributed by atoms with Gasteiger partial charge in [0, 0.05) is 28.4 Å². The van der Waals surface area contributed by atoms with Crippen LogP contribution in [0.2, 0.25) is 5.02 Å². The van der Waals surface area contributed by atoms with Crippen LogP contribution < -0.4 is 10.1 Å². The van der Waals surface area contributed by atoms with Gasteiger partial charge in [-0.05, 0) is 67.6 Å². The minimum atomic E-state index is 0. The van der Waals surface area contributed by atoms with Crippen molar-refractivity contribution in [2.45, 2.75) is 25.7 Å². The molecule has 0 spiro atoms. The molecule has 0 saturated heterocycles. The number of halogens is 2. The van der Waals surface area contributed by atoms with Crippen molar-refractivity contribution in [2.24, 2.45) is 0 Å². The summed E-state index contributed by atoms with van der Waals surface area (Å²) in [5, 5.41) is 4.25. The molecule has 4 rings (SSSR count). The molecule has 0 fully saturated rings. The molecule has 3 aromatic rings. The monoisotopic (exact) mass is 415 g/mol. The second-order valence-corrected chi connectivity index (χ2v) is 7.15. The zero-order valence-electron chi connectivity index (χ0n) is 15.7. The van der Waals surface area contributed by atoms with Gasteiger partial charge in [0.15, 0.2) is 5.82 Å². The molecule has 0 saturated carbocycles. The van der Waals surface area contributed by atoms with E-state index in [1.807, 2.05) is 36.4 Å². The van der Waals surface area contributed by atoms with Crippen molar-refractivity contribution in [3.63, 3.8) is 0 Å². The third-order valence-corrected chi connectivity index (χ3v) is 5.13. The van der Waals surface area contributed by atoms with Crippen LogP contribution >= 0.6 is 24.0 Å². The SMILES string of the molecule is COc1cccc(CCNc2nc(-c3ccc(Cl)cc3)nc3c2CCC3)c1.Cl. The van der Waals surface area contributed by atoms with Crippen molar-refractivity contribution < 1.29 is 4.74 Å². The Hall–Kier alpha value is -2.30. The van der Waals surface area contributed by atoms with Crippen LogP contribution in [0.1, 0.15) is 23.2 Å². The van der Waals surface area contributed by atoms with Crippen molar-refractivity contribution >= 4 is 29.8 Å². The number of hydrogen-bond acceptors (Lipinski definition) is 4. The van der Waals surface area contributed by atoms with Crippen LogP contribution in [0, 0.1) is 0 Å². The Morgan fingerprint density at radius 1 is 1.07 bits per heavy atom. The van der Waals surface area contributed by atoms with Crippen LogP contribution in [0.15, 0.2) is 48.5 Å². The van der Waals surface area contributed by atoms with E-state index in [9.17, 15) is 0 Å². The average molecular weight is 416 g/mol. The number of hydrogen-bond donors (Lipinski definition) is 1. The number of methoxy groups -OCH3 is 1. The average Bonchev–Trinajstić information content (AvgIpc) is 3.17. The van der Waals surface area contributed by atoms with E-state index in [1.54, 1.807) is 7.11 Å². The molecule has 1 aliphatic rings. The fourth-order valence-corrected chi connectivity index (χ4v) is 3.59. The Balaban J connectivity index is 0.00000225. The Kier molecular flexibility index (Phi) is 6.76. The lowest BCUT2D eigenvalue weighted by atomic mass is 10.1. The number of fused-ring (bicyclic) bond motifs is 1. The van der Waals surface area contributed by atoms with Crippen LogP contribution in [-0.2, 0) is 19.3 Å². The van der Waals surface area contributed by atoms with Crippen LogP contribution in [0.3, 0.4) is 0 Å². The molecule has 1 aliphatic carbocycles. The molecule has 146 valence electrons. The fourth-order valence-electron chi connectivity index (χ4n) is 3.46. The molecule has 0 amide bonds. The van der Waals surface area contributed by atoms with Gasteiger partial charge in [-0.3, -0.25) is 0 Å². The van der Waals surface area contributed by atoms with Gasteiger partial charge in [-0.1, -0.05) is 23.7 Å². The molecule has 0 bridgehead atoms. The van der Waals surface area contributed by atoms with E-state index in [1.165, 1.54) is 16.8 Å². The second kappa shape index (κ2) is 9.26. The summed E-state index contributed by atoms with van der Waals surface area (Å²) in [4.78, 5) is 9.61. The highest BCUT2D eigenvalue weighted by Crippen LogP contribution is 2.29. The van der Waals surface area contributed by atoms with Gasteiger partial charge in [-0.2, -0.15) is 0 Å². The smallest absolute Gasteiger partial charge is 0.161 e. The zero-order valence-corrected chi connectivity index (χ0v) is 17.3. The van der Waals surface area contributed by atoms with Gasteiger partial charge in [0.05, 0.1) is 7.11 Å². The van der Waals surface area contributed by atoms with Crippen LogP contribution in [0.25, 0.3) is 11.4 Å². The van der Waals surface area contributed by atoms with Crippen molar-refractivity contribution in [3.05, 3.63) is 70.4 Å². The summed E-state index contributed by atoms with van der Waals surface area (Å²) >= 11 is 6.01. The molecule has 6 heteroatoms. The summed E-state index contributed by atoms with van der Waals surface area (Å²) in [5.74, 6) is 2.61. The van der Waals surface area contributed by atoms with E-state index in [2.05, 4.69) is 17.4 Å². The van der Waals surface area contributed by atoms with E-state index in [4.69, 9.17) is 26.3 Å². The molecular weight excluding hydrogens is 393 g/mol. The fraction of sp³-hybridized carbons (Fsp3) is 0.273. The van der Waals surface area contributed by atoms with Gasteiger partial charge in [0.25, 0.3) is 0 Å². The first kappa shape index (κ1) is 20.4. The molecule has 0 radical (unpaired) electrons. The van der Waals surface area contributed by atoms with Gasteiger partial charge in [0.2, 0.25) is 0 Å². The van der Waals surface area contributed by atoms with Crippen LogP contribution in [0.5, 0.6) is 5.75 Å². The highest BCUT2D eigenvalue weighted by Gasteiger charge is 2.19. The maximum atomic E-state index is 6.01. The molecular formula is C22H23Cl2N3O. The normalized spacial score (nSPS) is 12.2. The van der Waals surface area contributed by atoms with Gasteiger partial charge in [-0.25, -0.2) is 9.97 Å². The third kappa shape index (κ3) is 4.57. The first-order valence-electron chi connectivity index (χ1n) is 9.25. The van der Waals surface area contributed by atoms with Gasteiger partial charge in [0.1, 0.15) is 11.6 Å². The maximum Gasteiger partial charge on any atom is 0.161 e. The first-order chi connectivity index (χ1) is 13.2. The molecule has 0 unspecified atom stereocenters. The van der Waals surface area contributed by atoms with E-state index in [-0.39, 0.29) is 12.4 Å². The van der Waals surface area contributed by atoms with E-state index in [0.29, 0.717) is 0 Å². The summed E-state index contributed by atoms with van der Waals surface area (Å²) in [6, 6.07) is 15.9. The summed E-state index contributed by atoms with van der Waals surface area (Å²) in [7, 11) is 1.69. The summed E-state index contributed by atoms with van der Waals surface area (Å²) in [6.07, 6.45) is 4.10. The van der Waals surface area contributed by atoms with Crippen LogP contribution in [0.4, 0.5) is 5.82 Å². The standard InChI is InChI=1S/C22H22ClN3O.ClH/c1-27-18-5-2-4-15(14-18)12-13-24-22-19-6-3-7-20(19)25-21(26-22)16-8-10-17(23)11-9-16;/h2,4-5,8-11,14H,3,6-7,12-13H2,1H3,(H,24,25,26);1H. The predicted molar refractivity (Wildman–Crippen MR) is 117 cm³/mol. The molecule has 4 nitrogen and oxygen atoms in total. The van der Waals surface area contributed by atoms with E-state index < -0.39 is 0 Å². The largest absolute Gasteiger partial charge is 0.497 e. The maximum absolute atomic E-state index is 6.01.